The van der Waals surface area contributed by atoms with Crippen LogP contribution in [0.3, 0.4) is 0 Å². The Bertz CT molecular complexity index is 1780. The van der Waals surface area contributed by atoms with Gasteiger partial charge in [0.15, 0.2) is 17.3 Å². The summed E-state index contributed by atoms with van der Waals surface area (Å²) in [4.78, 5) is 37.4. The van der Waals surface area contributed by atoms with Gasteiger partial charge in [-0.1, -0.05) is 0 Å². The number of ether oxygens (including phenoxy) is 1. The third-order valence-corrected chi connectivity index (χ3v) is 7.23. The zero-order valence-electron chi connectivity index (χ0n) is 21.0. The standard InChI is InChI=1S/C27H24N8O2S/c1-15(36)21-6-7-22(38-21)25-23-19(8-9-29-25)31-27(32-23)26-24-20(33-34-26)5-4-18(30-24)16-12-17(14-28-13-16)37-11-10-35(2)3/h4-9,12-14H,10-11H2,1-3H3,(H,31,32)(H,33,34). The summed E-state index contributed by atoms with van der Waals surface area (Å²) in [5.74, 6) is 1.30. The molecule has 0 saturated carbocycles. The van der Waals surface area contributed by atoms with E-state index in [-0.39, 0.29) is 5.78 Å². The molecule has 0 aliphatic rings. The van der Waals surface area contributed by atoms with Gasteiger partial charge in [0.1, 0.15) is 29.1 Å². The summed E-state index contributed by atoms with van der Waals surface area (Å²) in [6.45, 7) is 2.94. The molecule has 6 aromatic heterocycles. The molecule has 190 valence electrons. The Morgan fingerprint density at radius 3 is 2.71 bits per heavy atom. The van der Waals surface area contributed by atoms with Crippen LogP contribution in [0.15, 0.2) is 55.0 Å². The van der Waals surface area contributed by atoms with Gasteiger partial charge >= 0.3 is 0 Å². The van der Waals surface area contributed by atoms with Gasteiger partial charge in [-0.3, -0.25) is 19.9 Å². The molecule has 10 nitrogen and oxygen atoms in total. The van der Waals surface area contributed by atoms with E-state index >= 15 is 0 Å². The first-order chi connectivity index (χ1) is 18.5. The van der Waals surface area contributed by atoms with Crippen molar-refractivity contribution in [2.24, 2.45) is 0 Å². The lowest BCUT2D eigenvalue weighted by Gasteiger charge is -2.11. The summed E-state index contributed by atoms with van der Waals surface area (Å²) in [5.41, 5.74) is 5.92. The Kier molecular flexibility index (Phi) is 6.14. The summed E-state index contributed by atoms with van der Waals surface area (Å²) >= 11 is 1.41. The number of Topliss-reactive ketones (excluding diaryl/α,β-unsaturated/α-hetero) is 1. The number of nitrogens with zero attached hydrogens (tertiary/aromatic N) is 6. The first-order valence-corrected chi connectivity index (χ1v) is 12.8. The van der Waals surface area contributed by atoms with E-state index in [1.165, 1.54) is 11.3 Å². The third-order valence-electron chi connectivity index (χ3n) is 6.04. The summed E-state index contributed by atoms with van der Waals surface area (Å²) in [6, 6.07) is 11.4. The molecule has 6 rings (SSSR count). The molecular weight excluding hydrogens is 500 g/mol. The van der Waals surface area contributed by atoms with E-state index in [4.69, 9.17) is 14.7 Å². The molecule has 0 aromatic carbocycles. The third kappa shape index (κ3) is 4.53. The molecule has 0 aliphatic carbocycles. The summed E-state index contributed by atoms with van der Waals surface area (Å²) in [6.07, 6.45) is 5.20. The second kappa shape index (κ2) is 9.77. The van der Waals surface area contributed by atoms with E-state index in [2.05, 4.69) is 30.0 Å². The van der Waals surface area contributed by atoms with Crippen molar-refractivity contribution in [2.75, 3.05) is 27.2 Å². The van der Waals surface area contributed by atoms with Gasteiger partial charge in [-0.05, 0) is 57.4 Å². The maximum Gasteiger partial charge on any atom is 0.169 e. The highest BCUT2D eigenvalue weighted by atomic mass is 32.1. The van der Waals surface area contributed by atoms with Gasteiger partial charge in [0.2, 0.25) is 0 Å². The minimum atomic E-state index is 0.0295. The first kappa shape index (κ1) is 23.9. The fraction of sp³-hybridized carbons (Fsp3) is 0.185. The Labute approximate surface area is 221 Å². The van der Waals surface area contributed by atoms with Crippen molar-refractivity contribution in [3.8, 4) is 39.1 Å². The van der Waals surface area contributed by atoms with Crippen LogP contribution in [0.4, 0.5) is 0 Å². The van der Waals surface area contributed by atoms with Crippen molar-refractivity contribution in [1.82, 2.24) is 40.0 Å². The van der Waals surface area contributed by atoms with Crippen molar-refractivity contribution < 1.29 is 9.53 Å². The number of H-pyrrole nitrogens is 2. The van der Waals surface area contributed by atoms with E-state index in [0.717, 1.165) is 33.7 Å². The van der Waals surface area contributed by atoms with Gasteiger partial charge in [0.05, 0.1) is 32.7 Å². The SMILES string of the molecule is CC(=O)c1ccc(-c2nccc3[nH]c(-c4n[nH]c5ccc(-c6cncc(OCCN(C)C)c6)nc45)nc23)s1. The molecule has 0 unspecified atom stereocenters. The number of fused-ring (bicyclic) bond motifs is 2. The molecular formula is C27H24N8O2S. The van der Waals surface area contributed by atoms with Gasteiger partial charge in [-0.15, -0.1) is 11.3 Å². The largest absolute Gasteiger partial charge is 0.491 e. The molecule has 0 saturated heterocycles. The number of hydrogen-bond acceptors (Lipinski definition) is 9. The number of hydrogen-bond donors (Lipinski definition) is 2. The number of pyridine rings is 3. The van der Waals surface area contributed by atoms with Gasteiger partial charge in [-0.2, -0.15) is 5.10 Å². The van der Waals surface area contributed by atoms with Gasteiger partial charge in [-0.25, -0.2) is 9.97 Å². The number of rotatable bonds is 8. The Hall–Kier alpha value is -4.48. The van der Waals surface area contributed by atoms with E-state index in [1.807, 2.05) is 50.5 Å². The minimum Gasteiger partial charge on any atom is -0.491 e. The van der Waals surface area contributed by atoms with Crippen LogP contribution in [0.5, 0.6) is 5.75 Å². The number of aromatic amines is 2. The zero-order valence-corrected chi connectivity index (χ0v) is 21.8. The molecule has 2 N–H and O–H groups in total. The predicted molar refractivity (Wildman–Crippen MR) is 147 cm³/mol. The van der Waals surface area contributed by atoms with Crippen LogP contribution in [0.1, 0.15) is 16.6 Å². The fourth-order valence-corrected chi connectivity index (χ4v) is 4.99. The number of thiophene rings is 1. The Morgan fingerprint density at radius 2 is 1.89 bits per heavy atom. The summed E-state index contributed by atoms with van der Waals surface area (Å²) in [7, 11) is 4.01. The van der Waals surface area contributed by atoms with E-state index in [0.29, 0.717) is 45.5 Å². The normalized spacial score (nSPS) is 11.6. The lowest BCUT2D eigenvalue weighted by Crippen LogP contribution is -2.19. The molecule has 0 bridgehead atoms. The quantitative estimate of drug-likeness (QED) is 0.271. The van der Waals surface area contributed by atoms with Gasteiger partial charge in [0, 0.05) is 24.5 Å². The van der Waals surface area contributed by atoms with Crippen molar-refractivity contribution in [1.29, 1.82) is 0 Å². The number of nitrogens with one attached hydrogen (secondary N) is 2. The lowest BCUT2D eigenvalue weighted by molar-refractivity contribution is 0.102. The number of aromatic nitrogens is 7. The van der Waals surface area contributed by atoms with Crippen LogP contribution in [-0.2, 0) is 0 Å². The maximum absolute atomic E-state index is 11.8. The smallest absolute Gasteiger partial charge is 0.169 e. The van der Waals surface area contributed by atoms with Gasteiger partial charge < -0.3 is 14.6 Å². The average molecular weight is 525 g/mol. The van der Waals surface area contributed by atoms with Crippen LogP contribution in [0, 0.1) is 0 Å². The number of carbonyl (C=O) groups excluding carboxylic acids is 1. The zero-order chi connectivity index (χ0) is 26.2. The lowest BCUT2D eigenvalue weighted by atomic mass is 10.1. The fourth-order valence-electron chi connectivity index (χ4n) is 4.09. The molecule has 6 heterocycles. The Morgan fingerprint density at radius 1 is 1.03 bits per heavy atom. The minimum absolute atomic E-state index is 0.0295. The van der Waals surface area contributed by atoms with Crippen molar-refractivity contribution in [3.05, 3.63) is 59.9 Å². The van der Waals surface area contributed by atoms with Crippen LogP contribution >= 0.6 is 11.3 Å². The second-order valence-corrected chi connectivity index (χ2v) is 10.2. The molecule has 11 heteroatoms. The number of imidazole rings is 1. The van der Waals surface area contributed by atoms with Crippen molar-refractivity contribution in [3.63, 3.8) is 0 Å². The van der Waals surface area contributed by atoms with E-state index in [9.17, 15) is 4.79 Å². The molecule has 0 fully saturated rings. The topological polar surface area (TPSA) is 126 Å². The molecule has 0 spiro atoms. The molecule has 0 radical (unpaired) electrons. The second-order valence-electron chi connectivity index (χ2n) is 9.09. The van der Waals surface area contributed by atoms with Crippen molar-refractivity contribution >= 4 is 39.2 Å². The molecule has 38 heavy (non-hydrogen) atoms. The highest BCUT2D eigenvalue weighted by Gasteiger charge is 2.18. The van der Waals surface area contributed by atoms with E-state index in [1.54, 1.807) is 25.5 Å². The van der Waals surface area contributed by atoms with E-state index < -0.39 is 0 Å². The molecule has 0 amide bonds. The van der Waals surface area contributed by atoms with Gasteiger partial charge in [0.25, 0.3) is 0 Å². The Balaban J connectivity index is 1.37. The highest BCUT2D eigenvalue weighted by Crippen LogP contribution is 2.34. The highest BCUT2D eigenvalue weighted by molar-refractivity contribution is 7.17. The first-order valence-electron chi connectivity index (χ1n) is 12.0. The molecule has 0 aliphatic heterocycles. The molecule has 0 atom stereocenters. The summed E-state index contributed by atoms with van der Waals surface area (Å²) < 4.78 is 5.85. The molecule has 6 aromatic rings. The predicted octanol–water partition coefficient (Wildman–Crippen LogP) is 4.83. The van der Waals surface area contributed by atoms with Crippen molar-refractivity contribution in [2.45, 2.75) is 6.92 Å². The number of ketones is 1. The van der Waals surface area contributed by atoms with Crippen LogP contribution in [-0.4, -0.2) is 73.0 Å². The number of likely N-dealkylation sites (N-methyl/N-ethyl adjacent to an activating group) is 1. The number of carbonyl (C=O) groups is 1. The van der Waals surface area contributed by atoms with Crippen LogP contribution in [0.25, 0.3) is 55.4 Å². The average Bonchev–Trinajstić information content (AvgIpc) is 3.66. The summed E-state index contributed by atoms with van der Waals surface area (Å²) in [5, 5.41) is 7.56. The maximum atomic E-state index is 11.8. The van der Waals surface area contributed by atoms with Crippen LogP contribution in [0.2, 0.25) is 0 Å². The monoisotopic (exact) mass is 524 g/mol. The van der Waals surface area contributed by atoms with Crippen LogP contribution < -0.4 is 4.74 Å².